The summed E-state index contributed by atoms with van der Waals surface area (Å²) in [5.74, 6) is 0.500. The van der Waals surface area contributed by atoms with Crippen LogP contribution in [0.5, 0.6) is 5.75 Å². The number of carbonyl (C=O) groups is 2. The fourth-order valence-corrected chi connectivity index (χ4v) is 2.38. The number of amides is 2. The van der Waals surface area contributed by atoms with E-state index in [0.717, 1.165) is 5.56 Å². The molecule has 6 heteroatoms. The van der Waals surface area contributed by atoms with Gasteiger partial charge in [-0.3, -0.25) is 9.59 Å². The van der Waals surface area contributed by atoms with Crippen LogP contribution in [0.4, 0.5) is 0 Å². The van der Waals surface area contributed by atoms with Crippen LogP contribution in [0.2, 0.25) is 5.02 Å². The summed E-state index contributed by atoms with van der Waals surface area (Å²) in [5, 5.41) is 6.06. The van der Waals surface area contributed by atoms with Crippen LogP contribution in [-0.4, -0.2) is 31.5 Å². The van der Waals surface area contributed by atoms with Crippen molar-refractivity contribution in [1.29, 1.82) is 0 Å². The zero-order valence-electron chi connectivity index (χ0n) is 11.2. The van der Waals surface area contributed by atoms with Crippen molar-refractivity contribution in [2.75, 3.05) is 13.7 Å². The summed E-state index contributed by atoms with van der Waals surface area (Å²) >= 11 is 6.12. The first-order chi connectivity index (χ1) is 9.60. The molecule has 0 radical (unpaired) electrons. The lowest BCUT2D eigenvalue weighted by atomic mass is 10.1. The Labute approximate surface area is 122 Å². The van der Waals surface area contributed by atoms with Gasteiger partial charge >= 0.3 is 0 Å². The monoisotopic (exact) mass is 296 g/mol. The fourth-order valence-electron chi connectivity index (χ4n) is 2.11. The van der Waals surface area contributed by atoms with E-state index < -0.39 is 6.04 Å². The van der Waals surface area contributed by atoms with Crippen LogP contribution < -0.4 is 15.4 Å². The van der Waals surface area contributed by atoms with E-state index in [1.807, 2.05) is 12.1 Å². The second-order valence-electron chi connectivity index (χ2n) is 4.66. The highest BCUT2D eigenvalue weighted by Crippen LogP contribution is 2.22. The normalized spacial score (nSPS) is 17.7. The van der Waals surface area contributed by atoms with Crippen LogP contribution >= 0.6 is 11.6 Å². The molecule has 0 unspecified atom stereocenters. The van der Waals surface area contributed by atoms with Gasteiger partial charge in [-0.15, -0.1) is 0 Å². The number of halogens is 1. The van der Waals surface area contributed by atoms with Crippen molar-refractivity contribution >= 4 is 23.4 Å². The standard InChI is InChI=1S/C14H17ClN2O3/c1-20-10-3-2-9(11(15)8-10)6-7-16-14(19)12-4-5-13(18)17-12/h2-3,8,12H,4-7H2,1H3,(H,16,19)(H,17,18)/t12-/m0/s1. The Kier molecular flexibility index (Phi) is 4.84. The number of hydrogen-bond donors (Lipinski definition) is 2. The van der Waals surface area contributed by atoms with Crippen molar-refractivity contribution < 1.29 is 14.3 Å². The van der Waals surface area contributed by atoms with Crippen molar-refractivity contribution in [1.82, 2.24) is 10.6 Å². The van der Waals surface area contributed by atoms with E-state index in [1.165, 1.54) is 0 Å². The predicted molar refractivity (Wildman–Crippen MR) is 75.9 cm³/mol. The third kappa shape index (κ3) is 3.63. The van der Waals surface area contributed by atoms with Gasteiger partial charge in [0.25, 0.3) is 0 Å². The Morgan fingerprint density at radius 2 is 2.35 bits per heavy atom. The number of methoxy groups -OCH3 is 1. The molecule has 0 bridgehead atoms. The highest BCUT2D eigenvalue weighted by atomic mass is 35.5. The number of hydrogen-bond acceptors (Lipinski definition) is 3. The number of nitrogens with one attached hydrogen (secondary N) is 2. The maximum atomic E-state index is 11.8. The summed E-state index contributed by atoms with van der Waals surface area (Å²) in [6.45, 7) is 0.483. The average Bonchev–Trinajstić information content (AvgIpc) is 2.87. The molecule has 1 heterocycles. The van der Waals surface area contributed by atoms with E-state index in [-0.39, 0.29) is 11.8 Å². The first-order valence-electron chi connectivity index (χ1n) is 6.49. The lowest BCUT2D eigenvalue weighted by Gasteiger charge is -2.11. The third-order valence-corrected chi connectivity index (χ3v) is 3.62. The molecule has 1 aromatic rings. The molecule has 20 heavy (non-hydrogen) atoms. The third-order valence-electron chi connectivity index (χ3n) is 3.27. The fraction of sp³-hybridized carbons (Fsp3) is 0.429. The molecule has 1 aromatic carbocycles. The van der Waals surface area contributed by atoms with Gasteiger partial charge in [-0.2, -0.15) is 0 Å². The Balaban J connectivity index is 1.81. The summed E-state index contributed by atoms with van der Waals surface area (Å²) in [6.07, 6.45) is 1.62. The van der Waals surface area contributed by atoms with Crippen molar-refractivity contribution in [3.05, 3.63) is 28.8 Å². The van der Waals surface area contributed by atoms with Crippen LogP contribution in [0.1, 0.15) is 18.4 Å². The molecule has 108 valence electrons. The average molecular weight is 297 g/mol. The number of ether oxygens (including phenoxy) is 1. The summed E-state index contributed by atoms with van der Waals surface area (Å²) in [5.41, 5.74) is 0.947. The molecule has 2 amide bonds. The highest BCUT2D eigenvalue weighted by molar-refractivity contribution is 6.31. The minimum atomic E-state index is -0.395. The van der Waals surface area contributed by atoms with Crippen LogP contribution in [0, 0.1) is 0 Å². The van der Waals surface area contributed by atoms with Crippen LogP contribution in [0.15, 0.2) is 18.2 Å². The number of carbonyl (C=O) groups excluding carboxylic acids is 2. The maximum absolute atomic E-state index is 11.8. The molecular formula is C14H17ClN2O3. The zero-order chi connectivity index (χ0) is 14.5. The Morgan fingerprint density at radius 1 is 1.55 bits per heavy atom. The lowest BCUT2D eigenvalue weighted by Crippen LogP contribution is -2.42. The summed E-state index contributed by atoms with van der Waals surface area (Å²) < 4.78 is 5.08. The Bertz CT molecular complexity index is 519. The van der Waals surface area contributed by atoms with Crippen LogP contribution in [0.3, 0.4) is 0 Å². The predicted octanol–water partition coefficient (Wildman–Crippen LogP) is 1.29. The van der Waals surface area contributed by atoms with Gasteiger partial charge in [-0.25, -0.2) is 0 Å². The SMILES string of the molecule is COc1ccc(CCNC(=O)[C@@H]2CCC(=O)N2)c(Cl)c1. The molecular weight excluding hydrogens is 280 g/mol. The van der Waals surface area contributed by atoms with Gasteiger partial charge in [0.15, 0.2) is 0 Å². The van der Waals surface area contributed by atoms with Crippen molar-refractivity contribution in [2.24, 2.45) is 0 Å². The second kappa shape index (κ2) is 6.61. The van der Waals surface area contributed by atoms with E-state index in [4.69, 9.17) is 16.3 Å². The largest absolute Gasteiger partial charge is 0.497 e. The van der Waals surface area contributed by atoms with Crippen molar-refractivity contribution in [2.45, 2.75) is 25.3 Å². The molecule has 1 saturated heterocycles. The van der Waals surface area contributed by atoms with Crippen LogP contribution in [-0.2, 0) is 16.0 Å². The van der Waals surface area contributed by atoms with E-state index in [2.05, 4.69) is 10.6 Å². The molecule has 1 fully saturated rings. The Morgan fingerprint density at radius 3 is 2.95 bits per heavy atom. The second-order valence-corrected chi connectivity index (χ2v) is 5.06. The van der Waals surface area contributed by atoms with Gasteiger partial charge in [-0.05, 0) is 30.5 Å². The number of benzene rings is 1. The topological polar surface area (TPSA) is 67.4 Å². The van der Waals surface area contributed by atoms with E-state index >= 15 is 0 Å². The molecule has 2 N–H and O–H groups in total. The van der Waals surface area contributed by atoms with E-state index in [1.54, 1.807) is 13.2 Å². The summed E-state index contributed by atoms with van der Waals surface area (Å²) in [7, 11) is 1.58. The first-order valence-corrected chi connectivity index (χ1v) is 6.87. The number of rotatable bonds is 5. The molecule has 1 aliphatic rings. The molecule has 1 aliphatic heterocycles. The molecule has 0 saturated carbocycles. The molecule has 2 rings (SSSR count). The summed E-state index contributed by atoms with van der Waals surface area (Å²) in [6, 6.07) is 5.06. The van der Waals surface area contributed by atoms with Gasteiger partial charge in [0.1, 0.15) is 11.8 Å². The van der Waals surface area contributed by atoms with Crippen LogP contribution in [0.25, 0.3) is 0 Å². The van der Waals surface area contributed by atoms with E-state index in [9.17, 15) is 9.59 Å². The molecule has 0 spiro atoms. The zero-order valence-corrected chi connectivity index (χ0v) is 12.0. The van der Waals surface area contributed by atoms with E-state index in [0.29, 0.717) is 36.6 Å². The van der Waals surface area contributed by atoms with Gasteiger partial charge in [0.2, 0.25) is 11.8 Å². The highest BCUT2D eigenvalue weighted by Gasteiger charge is 2.26. The smallest absolute Gasteiger partial charge is 0.242 e. The van der Waals surface area contributed by atoms with Crippen molar-refractivity contribution in [3.63, 3.8) is 0 Å². The van der Waals surface area contributed by atoms with Gasteiger partial charge in [0.05, 0.1) is 7.11 Å². The lowest BCUT2D eigenvalue weighted by molar-refractivity contribution is -0.125. The minimum Gasteiger partial charge on any atom is -0.497 e. The summed E-state index contributed by atoms with van der Waals surface area (Å²) in [4.78, 5) is 22.8. The minimum absolute atomic E-state index is 0.0663. The first kappa shape index (κ1) is 14.7. The van der Waals surface area contributed by atoms with Crippen molar-refractivity contribution in [3.8, 4) is 5.75 Å². The van der Waals surface area contributed by atoms with Gasteiger partial charge < -0.3 is 15.4 Å². The van der Waals surface area contributed by atoms with Gasteiger partial charge in [-0.1, -0.05) is 17.7 Å². The molecule has 0 aliphatic carbocycles. The quantitative estimate of drug-likeness (QED) is 0.860. The molecule has 0 aromatic heterocycles. The molecule has 5 nitrogen and oxygen atoms in total. The molecule has 1 atom stereocenters. The van der Waals surface area contributed by atoms with Gasteiger partial charge in [0, 0.05) is 18.0 Å². The Hall–Kier alpha value is -1.75. The maximum Gasteiger partial charge on any atom is 0.242 e.